The maximum atomic E-state index is 13.6. The van der Waals surface area contributed by atoms with Gasteiger partial charge in [0.05, 0.1) is 5.41 Å². The summed E-state index contributed by atoms with van der Waals surface area (Å²) in [5.74, 6) is -1.56. The van der Waals surface area contributed by atoms with Gasteiger partial charge in [-0.25, -0.2) is 14.2 Å². The molecule has 0 saturated heterocycles. The fraction of sp³-hybridized carbons (Fsp3) is 0.316. The van der Waals surface area contributed by atoms with Crippen LogP contribution in [0.5, 0.6) is 0 Å². The zero-order valence-electron chi connectivity index (χ0n) is 13.7. The first-order valence-electron chi connectivity index (χ1n) is 8.24. The number of benzene rings is 1. The van der Waals surface area contributed by atoms with Crippen LogP contribution in [0.3, 0.4) is 0 Å². The number of carboxylic acids is 1. The van der Waals surface area contributed by atoms with Gasteiger partial charge in [-0.1, -0.05) is 31.0 Å². The van der Waals surface area contributed by atoms with Crippen molar-refractivity contribution in [1.82, 2.24) is 10.3 Å². The summed E-state index contributed by atoms with van der Waals surface area (Å²) >= 11 is 0. The molecule has 1 fully saturated rings. The van der Waals surface area contributed by atoms with Gasteiger partial charge in [-0.15, -0.1) is 0 Å². The molecule has 0 bridgehead atoms. The first-order valence-corrected chi connectivity index (χ1v) is 8.24. The topological polar surface area (TPSA) is 79.3 Å². The molecule has 3 rings (SSSR count). The minimum Gasteiger partial charge on any atom is -0.477 e. The molecule has 1 aromatic carbocycles. The number of pyridine rings is 1. The van der Waals surface area contributed by atoms with Crippen LogP contribution in [0.15, 0.2) is 42.6 Å². The number of rotatable bonds is 5. The van der Waals surface area contributed by atoms with Gasteiger partial charge in [0.2, 0.25) is 5.91 Å². The molecule has 1 aliphatic rings. The summed E-state index contributed by atoms with van der Waals surface area (Å²) in [4.78, 5) is 27.5. The van der Waals surface area contributed by atoms with Crippen molar-refractivity contribution in [3.8, 4) is 0 Å². The summed E-state index contributed by atoms with van der Waals surface area (Å²) in [5.41, 5.74) is 0.686. The van der Waals surface area contributed by atoms with Crippen LogP contribution >= 0.6 is 0 Å². The number of carbonyl (C=O) groups is 2. The van der Waals surface area contributed by atoms with Gasteiger partial charge in [-0.3, -0.25) is 4.79 Å². The third-order valence-electron chi connectivity index (χ3n) is 4.77. The number of nitrogens with one attached hydrogen (secondary N) is 1. The van der Waals surface area contributed by atoms with Crippen LogP contribution in [-0.2, 0) is 16.8 Å². The van der Waals surface area contributed by atoms with Crippen LogP contribution in [0.25, 0.3) is 0 Å². The summed E-state index contributed by atoms with van der Waals surface area (Å²) in [6, 6.07) is 9.28. The molecule has 6 heteroatoms. The molecule has 1 amide bonds. The average Bonchev–Trinajstić information content (AvgIpc) is 3.11. The van der Waals surface area contributed by atoms with Gasteiger partial charge in [-0.05, 0) is 42.2 Å². The summed E-state index contributed by atoms with van der Waals surface area (Å²) < 4.78 is 13.6. The normalized spacial score (nSPS) is 15.7. The van der Waals surface area contributed by atoms with Gasteiger partial charge < -0.3 is 10.4 Å². The van der Waals surface area contributed by atoms with E-state index in [4.69, 9.17) is 5.11 Å². The maximum absolute atomic E-state index is 13.6. The summed E-state index contributed by atoms with van der Waals surface area (Å²) in [7, 11) is 0. The third kappa shape index (κ3) is 3.52. The number of halogens is 1. The van der Waals surface area contributed by atoms with Crippen LogP contribution in [0, 0.1) is 5.82 Å². The minimum atomic E-state index is -1.09. The van der Waals surface area contributed by atoms with Gasteiger partial charge in [-0.2, -0.15) is 0 Å². The number of nitrogens with zero attached hydrogens (tertiary/aromatic N) is 1. The number of carbonyl (C=O) groups excluding carboxylic acids is 1. The van der Waals surface area contributed by atoms with Crippen LogP contribution in [0.1, 0.15) is 47.3 Å². The molecule has 1 saturated carbocycles. The molecule has 1 heterocycles. The Morgan fingerprint density at radius 1 is 1.20 bits per heavy atom. The van der Waals surface area contributed by atoms with Crippen LogP contribution in [0.2, 0.25) is 0 Å². The van der Waals surface area contributed by atoms with Gasteiger partial charge >= 0.3 is 5.97 Å². The molecule has 1 aromatic heterocycles. The van der Waals surface area contributed by atoms with E-state index in [9.17, 15) is 14.0 Å². The second kappa shape index (κ2) is 7.01. The van der Waals surface area contributed by atoms with Crippen molar-refractivity contribution in [2.24, 2.45) is 0 Å². The largest absolute Gasteiger partial charge is 0.477 e. The Bertz CT molecular complexity index is 784. The predicted molar refractivity (Wildman–Crippen MR) is 89.6 cm³/mol. The van der Waals surface area contributed by atoms with E-state index in [1.807, 2.05) is 0 Å². The molecule has 2 aromatic rings. The zero-order chi connectivity index (χ0) is 17.9. The van der Waals surface area contributed by atoms with Gasteiger partial charge in [0.15, 0.2) is 0 Å². The second-order valence-corrected chi connectivity index (χ2v) is 6.34. The fourth-order valence-electron chi connectivity index (χ4n) is 3.42. The van der Waals surface area contributed by atoms with E-state index < -0.39 is 11.4 Å². The standard InChI is InChI=1S/C19H19FN2O3/c20-15-5-3-4-14(10-15)19(8-1-2-9-19)18(25)22-12-13-6-7-16(17(23)24)21-11-13/h3-7,10-11H,1-2,8-9,12H2,(H,22,25)(H,23,24). The van der Waals surface area contributed by atoms with Crippen molar-refractivity contribution in [1.29, 1.82) is 0 Å². The molecule has 1 aliphatic carbocycles. The first-order chi connectivity index (χ1) is 12.0. The monoisotopic (exact) mass is 342 g/mol. The molecular formula is C19H19FN2O3. The Morgan fingerprint density at radius 2 is 1.96 bits per heavy atom. The number of hydrogen-bond donors (Lipinski definition) is 2. The summed E-state index contributed by atoms with van der Waals surface area (Å²) in [6.07, 6.45) is 4.68. The lowest BCUT2D eigenvalue weighted by Gasteiger charge is -2.28. The summed E-state index contributed by atoms with van der Waals surface area (Å²) in [5, 5.41) is 11.8. The van der Waals surface area contributed by atoms with Crippen LogP contribution in [-0.4, -0.2) is 22.0 Å². The highest BCUT2D eigenvalue weighted by atomic mass is 19.1. The quantitative estimate of drug-likeness (QED) is 0.875. The molecule has 0 spiro atoms. The Labute approximate surface area is 144 Å². The van der Waals surface area contributed by atoms with Gasteiger partial charge in [0, 0.05) is 12.7 Å². The molecule has 5 nitrogen and oxygen atoms in total. The number of carboxylic acid groups (broad SMARTS) is 1. The Kier molecular flexibility index (Phi) is 4.79. The highest BCUT2D eigenvalue weighted by Crippen LogP contribution is 2.41. The maximum Gasteiger partial charge on any atom is 0.354 e. The second-order valence-electron chi connectivity index (χ2n) is 6.34. The SMILES string of the molecule is O=C(O)c1ccc(CNC(=O)C2(c3cccc(F)c3)CCCC2)cn1. The molecule has 130 valence electrons. The van der Waals surface area contributed by atoms with E-state index >= 15 is 0 Å². The number of amides is 1. The number of hydrogen-bond acceptors (Lipinski definition) is 3. The first kappa shape index (κ1) is 17.1. The van der Waals surface area contributed by atoms with Crippen molar-refractivity contribution >= 4 is 11.9 Å². The molecule has 25 heavy (non-hydrogen) atoms. The smallest absolute Gasteiger partial charge is 0.354 e. The van der Waals surface area contributed by atoms with Crippen molar-refractivity contribution in [2.75, 3.05) is 0 Å². The van der Waals surface area contributed by atoms with E-state index in [2.05, 4.69) is 10.3 Å². The van der Waals surface area contributed by atoms with E-state index in [0.717, 1.165) is 12.8 Å². The van der Waals surface area contributed by atoms with E-state index in [1.165, 1.54) is 24.4 Å². The van der Waals surface area contributed by atoms with Crippen LogP contribution in [0.4, 0.5) is 4.39 Å². The van der Waals surface area contributed by atoms with Crippen molar-refractivity contribution in [3.63, 3.8) is 0 Å². The van der Waals surface area contributed by atoms with E-state index in [0.29, 0.717) is 24.0 Å². The average molecular weight is 342 g/mol. The van der Waals surface area contributed by atoms with E-state index in [-0.39, 0.29) is 24.0 Å². The molecule has 0 unspecified atom stereocenters. The summed E-state index contributed by atoms with van der Waals surface area (Å²) in [6.45, 7) is 0.253. The van der Waals surface area contributed by atoms with Gasteiger partial charge in [0.25, 0.3) is 0 Å². The molecule has 0 radical (unpaired) electrons. The Morgan fingerprint density at radius 3 is 2.56 bits per heavy atom. The lowest BCUT2D eigenvalue weighted by Crippen LogP contribution is -2.42. The van der Waals surface area contributed by atoms with Crippen molar-refractivity contribution in [3.05, 3.63) is 65.2 Å². The van der Waals surface area contributed by atoms with Crippen LogP contribution < -0.4 is 5.32 Å². The number of aromatic carboxylic acids is 1. The van der Waals surface area contributed by atoms with Crippen molar-refractivity contribution in [2.45, 2.75) is 37.6 Å². The predicted octanol–water partition coefficient (Wildman–Crippen LogP) is 3.05. The van der Waals surface area contributed by atoms with Gasteiger partial charge in [0.1, 0.15) is 11.5 Å². The van der Waals surface area contributed by atoms with Crippen molar-refractivity contribution < 1.29 is 19.1 Å². The minimum absolute atomic E-state index is 0.0397. The highest BCUT2D eigenvalue weighted by molar-refractivity contribution is 5.88. The Balaban J connectivity index is 1.74. The molecule has 0 atom stereocenters. The molecular weight excluding hydrogens is 323 g/mol. The highest BCUT2D eigenvalue weighted by Gasteiger charge is 2.42. The zero-order valence-corrected chi connectivity index (χ0v) is 13.7. The molecule has 2 N–H and O–H groups in total. The lowest BCUT2D eigenvalue weighted by molar-refractivity contribution is -0.126. The fourth-order valence-corrected chi connectivity index (χ4v) is 3.42. The molecule has 0 aliphatic heterocycles. The third-order valence-corrected chi connectivity index (χ3v) is 4.77. The number of aromatic nitrogens is 1. The lowest BCUT2D eigenvalue weighted by atomic mass is 9.78. The Hall–Kier alpha value is -2.76. The van der Waals surface area contributed by atoms with E-state index in [1.54, 1.807) is 18.2 Å².